The molecule has 3 heterocycles. The molecule has 8 nitrogen and oxygen atoms in total. The lowest BCUT2D eigenvalue weighted by atomic mass is 10.2. The molecule has 1 N–H and O–H groups in total. The molecule has 2 aliphatic heterocycles. The number of amides is 2. The van der Waals surface area contributed by atoms with E-state index in [1.807, 2.05) is 20.8 Å². The highest BCUT2D eigenvalue weighted by Gasteiger charge is 2.33. The molecule has 1 aromatic carbocycles. The smallest absolute Gasteiger partial charge is 0.414 e. The summed E-state index contributed by atoms with van der Waals surface area (Å²) in [6.45, 7) is 5.96. The first-order valence-corrected chi connectivity index (χ1v) is 12.0. The Kier molecular flexibility index (Phi) is 7.27. The lowest BCUT2D eigenvalue weighted by molar-refractivity contribution is -0.117. The molecule has 1 aromatic heterocycles. The summed E-state index contributed by atoms with van der Waals surface area (Å²) < 4.78 is 25.5. The maximum Gasteiger partial charge on any atom is 0.414 e. The van der Waals surface area contributed by atoms with E-state index in [2.05, 4.69) is 15.3 Å². The molecule has 0 spiro atoms. The number of carbonyl (C=O) groups excluding carboxylic acids is 2. The fourth-order valence-corrected chi connectivity index (χ4v) is 4.75. The van der Waals surface area contributed by atoms with Gasteiger partial charge in [-0.25, -0.2) is 9.18 Å². The van der Waals surface area contributed by atoms with Gasteiger partial charge in [0.15, 0.2) is 11.6 Å². The highest BCUT2D eigenvalue weighted by Crippen LogP contribution is 2.34. The van der Waals surface area contributed by atoms with E-state index in [0.29, 0.717) is 22.7 Å². The molecule has 0 aliphatic carbocycles. The van der Waals surface area contributed by atoms with Crippen molar-refractivity contribution in [3.8, 4) is 5.75 Å². The van der Waals surface area contributed by atoms with Gasteiger partial charge in [-0.15, -0.1) is 23.4 Å². The third-order valence-corrected chi connectivity index (χ3v) is 7.00. The number of ether oxygens (including phenoxy) is 2. The van der Waals surface area contributed by atoms with E-state index in [1.54, 1.807) is 12.1 Å². The predicted molar refractivity (Wildman–Crippen MR) is 128 cm³/mol. The summed E-state index contributed by atoms with van der Waals surface area (Å²) in [6, 6.07) is 4.26. The van der Waals surface area contributed by atoms with Crippen LogP contribution in [0.3, 0.4) is 0 Å². The zero-order valence-electron chi connectivity index (χ0n) is 18.9. The number of thioether (sulfide) groups is 1. The van der Waals surface area contributed by atoms with Crippen molar-refractivity contribution in [2.45, 2.75) is 44.6 Å². The van der Waals surface area contributed by atoms with Gasteiger partial charge in [0.1, 0.15) is 12.7 Å². The average molecular weight is 507 g/mol. The van der Waals surface area contributed by atoms with Crippen LogP contribution in [0.5, 0.6) is 5.75 Å². The van der Waals surface area contributed by atoms with Crippen LogP contribution in [0.2, 0.25) is 0 Å². The van der Waals surface area contributed by atoms with Gasteiger partial charge in [0.2, 0.25) is 0 Å². The van der Waals surface area contributed by atoms with Crippen LogP contribution >= 0.6 is 23.4 Å². The number of carbonyl (C=O) groups is 2. The SMILES string of the molecule is Cc1nc(C)c(COc2ccc(N3C[C@H](CNC(=O)C4=CCC(Cl)S4)OC3=O)cc2F)nc1C. The summed E-state index contributed by atoms with van der Waals surface area (Å²) >= 11 is 7.28. The monoisotopic (exact) mass is 506 g/mol. The zero-order valence-corrected chi connectivity index (χ0v) is 20.5. The number of hydrogen-bond acceptors (Lipinski definition) is 7. The van der Waals surface area contributed by atoms with Crippen LogP contribution in [0.15, 0.2) is 29.2 Å². The highest BCUT2D eigenvalue weighted by atomic mass is 35.5. The second-order valence-corrected chi connectivity index (χ2v) is 10.0. The summed E-state index contributed by atoms with van der Waals surface area (Å²) in [6.07, 6.45) is 1.25. The van der Waals surface area contributed by atoms with E-state index in [1.165, 1.54) is 28.8 Å². The van der Waals surface area contributed by atoms with Gasteiger partial charge in [-0.3, -0.25) is 19.7 Å². The van der Waals surface area contributed by atoms with E-state index >= 15 is 0 Å². The van der Waals surface area contributed by atoms with Gasteiger partial charge in [-0.1, -0.05) is 6.08 Å². The van der Waals surface area contributed by atoms with Crippen molar-refractivity contribution in [1.82, 2.24) is 15.3 Å². The number of benzene rings is 1. The minimum Gasteiger partial charge on any atom is -0.484 e. The van der Waals surface area contributed by atoms with E-state index in [4.69, 9.17) is 21.1 Å². The Bertz CT molecular complexity index is 1160. The van der Waals surface area contributed by atoms with Crippen LogP contribution in [0, 0.1) is 26.6 Å². The molecule has 0 saturated carbocycles. The Morgan fingerprint density at radius 3 is 2.76 bits per heavy atom. The lowest BCUT2D eigenvalue weighted by Crippen LogP contribution is -2.34. The van der Waals surface area contributed by atoms with E-state index in [-0.39, 0.29) is 36.1 Å². The van der Waals surface area contributed by atoms with Crippen molar-refractivity contribution in [1.29, 1.82) is 0 Å². The summed E-state index contributed by atoms with van der Waals surface area (Å²) in [5, 5.41) is 2.75. The Balaban J connectivity index is 1.34. The number of rotatable bonds is 7. The molecule has 1 fully saturated rings. The maximum absolute atomic E-state index is 14.7. The Morgan fingerprint density at radius 1 is 1.29 bits per heavy atom. The van der Waals surface area contributed by atoms with Crippen LogP contribution in [0.4, 0.5) is 14.9 Å². The quantitative estimate of drug-likeness (QED) is 0.564. The molecule has 1 unspecified atom stereocenters. The number of nitrogens with one attached hydrogen (secondary N) is 1. The van der Waals surface area contributed by atoms with E-state index in [0.717, 1.165) is 17.1 Å². The molecule has 11 heteroatoms. The van der Waals surface area contributed by atoms with E-state index in [9.17, 15) is 14.0 Å². The van der Waals surface area contributed by atoms with Gasteiger partial charge in [-0.2, -0.15) is 0 Å². The van der Waals surface area contributed by atoms with Crippen molar-refractivity contribution in [2.24, 2.45) is 0 Å². The summed E-state index contributed by atoms with van der Waals surface area (Å²) in [7, 11) is 0. The number of halogens is 2. The van der Waals surface area contributed by atoms with E-state index < -0.39 is 18.0 Å². The fourth-order valence-electron chi connectivity index (χ4n) is 3.53. The molecule has 0 bridgehead atoms. The fraction of sp³-hybridized carbons (Fsp3) is 0.391. The number of cyclic esters (lactones) is 1. The van der Waals surface area contributed by atoms with Crippen LogP contribution < -0.4 is 15.0 Å². The number of nitrogens with zero attached hydrogens (tertiary/aromatic N) is 3. The summed E-state index contributed by atoms with van der Waals surface area (Å²) in [5.74, 6) is -0.823. The molecule has 0 radical (unpaired) electrons. The van der Waals surface area contributed by atoms with Gasteiger partial charge in [0.05, 0.1) is 51.2 Å². The predicted octanol–water partition coefficient (Wildman–Crippen LogP) is 4.15. The number of allylic oxidation sites excluding steroid dienone is 1. The van der Waals surface area contributed by atoms with Crippen molar-refractivity contribution in [3.63, 3.8) is 0 Å². The molecule has 2 aromatic rings. The standard InChI is InChI=1S/C23H24ClFN4O4S/c1-12-13(2)28-18(14(3)27-12)11-32-19-5-4-15(8-17(19)25)29-10-16(33-23(29)31)9-26-22(30)20-6-7-21(24)34-20/h4-6,8,16,21H,7,9-11H2,1-3H3,(H,26,30)/t16-,21?/m0/s1. The first-order chi connectivity index (χ1) is 16.2. The average Bonchev–Trinajstić information content (AvgIpc) is 3.39. The van der Waals surface area contributed by atoms with Crippen LogP contribution in [-0.2, 0) is 16.1 Å². The van der Waals surface area contributed by atoms with Crippen molar-refractivity contribution in [3.05, 3.63) is 57.8 Å². The molecule has 1 saturated heterocycles. The Morgan fingerprint density at radius 2 is 2.06 bits per heavy atom. The van der Waals surface area contributed by atoms with Crippen molar-refractivity contribution in [2.75, 3.05) is 18.0 Å². The maximum atomic E-state index is 14.7. The van der Waals surface area contributed by atoms with Crippen LogP contribution in [-0.4, -0.2) is 45.9 Å². The molecule has 2 atom stereocenters. The topological polar surface area (TPSA) is 93.6 Å². The van der Waals surface area contributed by atoms with Gasteiger partial charge in [0.25, 0.3) is 5.91 Å². The number of aryl methyl sites for hydroxylation is 3. The van der Waals surface area contributed by atoms with Gasteiger partial charge >= 0.3 is 6.09 Å². The third-order valence-electron chi connectivity index (χ3n) is 5.50. The molecule has 4 rings (SSSR count). The summed E-state index contributed by atoms with van der Waals surface area (Å²) in [4.78, 5) is 35.3. The molecular formula is C23H24ClFN4O4S. The molecule has 34 heavy (non-hydrogen) atoms. The number of aromatic nitrogens is 2. The first kappa shape index (κ1) is 24.3. The number of alkyl halides is 1. The third kappa shape index (κ3) is 5.44. The van der Waals surface area contributed by atoms with Crippen molar-refractivity contribution < 1.29 is 23.5 Å². The minimum atomic E-state index is -0.614. The van der Waals surface area contributed by atoms with Crippen LogP contribution in [0.25, 0.3) is 0 Å². The van der Waals surface area contributed by atoms with Gasteiger partial charge in [-0.05, 0) is 39.3 Å². The number of anilines is 1. The Hall–Kier alpha value is -2.85. The zero-order chi connectivity index (χ0) is 24.4. The molecule has 180 valence electrons. The van der Waals surface area contributed by atoms with Gasteiger partial charge in [0, 0.05) is 6.07 Å². The minimum absolute atomic E-state index is 0.0412. The van der Waals surface area contributed by atoms with Crippen LogP contribution in [0.1, 0.15) is 29.2 Å². The number of hydrogen-bond donors (Lipinski definition) is 1. The molecule has 2 amide bonds. The Labute approximate surface area is 205 Å². The largest absolute Gasteiger partial charge is 0.484 e. The normalized spacial score (nSPS) is 19.7. The molecule has 2 aliphatic rings. The second-order valence-electron chi connectivity index (χ2n) is 7.99. The van der Waals surface area contributed by atoms with Crippen molar-refractivity contribution >= 4 is 41.1 Å². The second kappa shape index (κ2) is 10.2. The molecular weight excluding hydrogens is 483 g/mol. The first-order valence-electron chi connectivity index (χ1n) is 10.7. The van der Waals surface area contributed by atoms with Gasteiger partial charge < -0.3 is 14.8 Å². The lowest BCUT2D eigenvalue weighted by Gasteiger charge is -2.15. The highest BCUT2D eigenvalue weighted by molar-refractivity contribution is 8.05. The summed E-state index contributed by atoms with van der Waals surface area (Å²) in [5.41, 5.74) is 3.33.